The molecule has 0 bridgehead atoms. The van der Waals surface area contributed by atoms with E-state index in [0.717, 1.165) is 39.0 Å². The highest BCUT2D eigenvalue weighted by atomic mass is 16.1. The molecule has 3 heterocycles. The minimum Gasteiger partial charge on any atom is -0.348 e. The van der Waals surface area contributed by atoms with Crippen molar-refractivity contribution in [1.82, 2.24) is 14.9 Å². The maximum atomic E-state index is 12.6. The molecule has 0 spiro atoms. The van der Waals surface area contributed by atoms with E-state index in [0.29, 0.717) is 23.7 Å². The summed E-state index contributed by atoms with van der Waals surface area (Å²) in [6.07, 6.45) is 5.61. The molecule has 5 heteroatoms. The van der Waals surface area contributed by atoms with E-state index in [1.807, 2.05) is 0 Å². The third-order valence-corrected chi connectivity index (χ3v) is 4.77. The first-order valence-corrected chi connectivity index (χ1v) is 7.79. The summed E-state index contributed by atoms with van der Waals surface area (Å²) in [4.78, 5) is 19.2. The van der Waals surface area contributed by atoms with Crippen LogP contribution < -0.4 is 15.8 Å². The summed E-state index contributed by atoms with van der Waals surface area (Å²) in [6.45, 7) is 8.20. The molecule has 3 atom stereocenters. The molecule has 1 N–H and O–H groups in total. The van der Waals surface area contributed by atoms with E-state index >= 15 is 0 Å². The van der Waals surface area contributed by atoms with E-state index in [2.05, 4.69) is 29.0 Å². The molecule has 2 aliphatic heterocycles. The van der Waals surface area contributed by atoms with E-state index in [1.165, 1.54) is 0 Å². The summed E-state index contributed by atoms with van der Waals surface area (Å²) in [6, 6.07) is 0.452. The number of fused-ring (bicyclic) bond motifs is 1. The zero-order chi connectivity index (χ0) is 14.1. The summed E-state index contributed by atoms with van der Waals surface area (Å²) in [7, 11) is 0. The number of rotatable bonds is 4. The molecule has 2 aliphatic rings. The minimum absolute atomic E-state index is 0.0701. The number of nitrogens with one attached hydrogen (secondary N) is 1. The number of hydrogen-bond donors (Lipinski definition) is 1. The molecule has 0 aliphatic carbocycles. The Kier molecular flexibility index (Phi) is 3.78. The van der Waals surface area contributed by atoms with Crippen LogP contribution in [0.15, 0.2) is 17.2 Å². The first kappa shape index (κ1) is 13.6. The van der Waals surface area contributed by atoms with Crippen molar-refractivity contribution < 1.29 is 0 Å². The number of anilines is 1. The lowest BCUT2D eigenvalue weighted by Gasteiger charge is -2.27. The van der Waals surface area contributed by atoms with Gasteiger partial charge in [-0.15, -0.1) is 0 Å². The molecule has 3 unspecified atom stereocenters. The molecular formula is C15H24N4O. The van der Waals surface area contributed by atoms with Gasteiger partial charge in [-0.05, 0) is 24.7 Å². The molecule has 2 saturated heterocycles. The van der Waals surface area contributed by atoms with Gasteiger partial charge in [0.15, 0.2) is 5.82 Å². The molecule has 20 heavy (non-hydrogen) atoms. The van der Waals surface area contributed by atoms with E-state index in [4.69, 9.17) is 0 Å². The van der Waals surface area contributed by atoms with Gasteiger partial charge in [0.05, 0.1) is 0 Å². The number of nitrogens with zero attached hydrogens (tertiary/aromatic N) is 3. The predicted molar refractivity (Wildman–Crippen MR) is 80.1 cm³/mol. The number of aromatic nitrogens is 2. The van der Waals surface area contributed by atoms with E-state index < -0.39 is 0 Å². The average Bonchev–Trinajstić information content (AvgIpc) is 3.01. The third kappa shape index (κ3) is 2.14. The molecule has 0 saturated carbocycles. The van der Waals surface area contributed by atoms with Gasteiger partial charge in [0.2, 0.25) is 0 Å². The Labute approximate surface area is 120 Å². The fourth-order valence-electron chi connectivity index (χ4n) is 3.84. The van der Waals surface area contributed by atoms with Crippen molar-refractivity contribution in [3.63, 3.8) is 0 Å². The number of hydrogen-bond acceptors (Lipinski definition) is 4. The molecule has 1 aromatic rings. The summed E-state index contributed by atoms with van der Waals surface area (Å²) < 4.78 is 1.79. The second-order valence-electron chi connectivity index (χ2n) is 5.96. The van der Waals surface area contributed by atoms with Crippen LogP contribution >= 0.6 is 0 Å². The molecule has 0 aromatic carbocycles. The van der Waals surface area contributed by atoms with E-state index in [1.54, 1.807) is 17.0 Å². The zero-order valence-corrected chi connectivity index (χ0v) is 12.4. The first-order valence-electron chi connectivity index (χ1n) is 7.79. The Hall–Kier alpha value is -1.36. The normalized spacial score (nSPS) is 28.9. The lowest BCUT2D eigenvalue weighted by molar-refractivity contribution is 0.441. The van der Waals surface area contributed by atoms with Crippen LogP contribution in [0.4, 0.5) is 5.82 Å². The lowest BCUT2D eigenvalue weighted by Crippen LogP contribution is -2.40. The van der Waals surface area contributed by atoms with Crippen molar-refractivity contribution in [2.45, 2.75) is 39.3 Å². The minimum atomic E-state index is 0.0701. The van der Waals surface area contributed by atoms with Crippen LogP contribution in [0, 0.1) is 11.8 Å². The van der Waals surface area contributed by atoms with Crippen LogP contribution in [0.3, 0.4) is 0 Å². The fourth-order valence-corrected chi connectivity index (χ4v) is 3.84. The highest BCUT2D eigenvalue weighted by Gasteiger charge is 2.44. The Balaban J connectivity index is 1.93. The van der Waals surface area contributed by atoms with Gasteiger partial charge in [0.1, 0.15) is 0 Å². The molecule has 0 radical (unpaired) electrons. The Morgan fingerprint density at radius 1 is 1.40 bits per heavy atom. The van der Waals surface area contributed by atoms with Crippen LogP contribution in [0.5, 0.6) is 0 Å². The van der Waals surface area contributed by atoms with Gasteiger partial charge in [-0.2, -0.15) is 0 Å². The van der Waals surface area contributed by atoms with Gasteiger partial charge >= 0.3 is 0 Å². The molecule has 5 nitrogen and oxygen atoms in total. The second-order valence-corrected chi connectivity index (χ2v) is 5.96. The third-order valence-electron chi connectivity index (χ3n) is 4.77. The Morgan fingerprint density at radius 3 is 3.00 bits per heavy atom. The summed E-state index contributed by atoms with van der Waals surface area (Å²) in [5, 5.41) is 3.48. The summed E-state index contributed by atoms with van der Waals surface area (Å²) in [5.74, 6) is 1.99. The standard InChI is InChI=1S/C15H24N4O/c1-3-6-18-7-5-17-14(15(18)20)19-10-11-8-16-9-12(11)13(19)4-2/h5,7,11-13,16H,3-4,6,8-10H2,1-2H3. The smallest absolute Gasteiger partial charge is 0.293 e. The van der Waals surface area contributed by atoms with Crippen LogP contribution in [0.2, 0.25) is 0 Å². The van der Waals surface area contributed by atoms with E-state index in [-0.39, 0.29) is 5.56 Å². The first-order chi connectivity index (χ1) is 9.76. The Morgan fingerprint density at radius 2 is 2.25 bits per heavy atom. The van der Waals surface area contributed by atoms with Crippen molar-refractivity contribution in [2.24, 2.45) is 11.8 Å². The van der Waals surface area contributed by atoms with Gasteiger partial charge in [0, 0.05) is 44.6 Å². The highest BCUT2D eigenvalue weighted by molar-refractivity contribution is 5.40. The molecule has 3 rings (SSSR count). The highest BCUT2D eigenvalue weighted by Crippen LogP contribution is 2.35. The van der Waals surface area contributed by atoms with Gasteiger partial charge in [-0.1, -0.05) is 13.8 Å². The zero-order valence-electron chi connectivity index (χ0n) is 12.4. The van der Waals surface area contributed by atoms with Crippen molar-refractivity contribution in [2.75, 3.05) is 24.5 Å². The van der Waals surface area contributed by atoms with Crippen molar-refractivity contribution >= 4 is 5.82 Å². The summed E-state index contributed by atoms with van der Waals surface area (Å²) >= 11 is 0. The van der Waals surface area contributed by atoms with Crippen LogP contribution in [-0.2, 0) is 6.54 Å². The predicted octanol–water partition coefficient (Wildman–Crippen LogP) is 1.09. The van der Waals surface area contributed by atoms with Crippen molar-refractivity contribution in [1.29, 1.82) is 0 Å². The quantitative estimate of drug-likeness (QED) is 0.894. The largest absolute Gasteiger partial charge is 0.348 e. The molecule has 110 valence electrons. The maximum absolute atomic E-state index is 12.6. The van der Waals surface area contributed by atoms with E-state index in [9.17, 15) is 4.79 Å². The lowest BCUT2D eigenvalue weighted by atomic mass is 9.93. The molecule has 1 aromatic heterocycles. The van der Waals surface area contributed by atoms with Gasteiger partial charge in [0.25, 0.3) is 5.56 Å². The second kappa shape index (κ2) is 5.56. The van der Waals surface area contributed by atoms with Gasteiger partial charge < -0.3 is 14.8 Å². The number of aryl methyl sites for hydroxylation is 1. The van der Waals surface area contributed by atoms with Gasteiger partial charge in [-0.3, -0.25) is 4.79 Å². The van der Waals surface area contributed by atoms with Crippen LogP contribution in [0.1, 0.15) is 26.7 Å². The monoisotopic (exact) mass is 276 g/mol. The maximum Gasteiger partial charge on any atom is 0.293 e. The topological polar surface area (TPSA) is 50.2 Å². The van der Waals surface area contributed by atoms with Gasteiger partial charge in [-0.25, -0.2) is 4.98 Å². The van der Waals surface area contributed by atoms with Crippen LogP contribution in [0.25, 0.3) is 0 Å². The SMILES string of the molecule is CCCn1ccnc(N2CC3CNCC3C2CC)c1=O. The average molecular weight is 276 g/mol. The van der Waals surface area contributed by atoms with Crippen LogP contribution in [-0.4, -0.2) is 35.2 Å². The van der Waals surface area contributed by atoms with Crippen molar-refractivity contribution in [3.05, 3.63) is 22.7 Å². The fraction of sp³-hybridized carbons (Fsp3) is 0.733. The molecular weight excluding hydrogens is 252 g/mol. The molecule has 2 fully saturated rings. The van der Waals surface area contributed by atoms with Crippen molar-refractivity contribution in [3.8, 4) is 0 Å². The molecule has 0 amide bonds. The summed E-state index contributed by atoms with van der Waals surface area (Å²) in [5.41, 5.74) is 0.0701. The Bertz CT molecular complexity index is 527.